The second kappa shape index (κ2) is 7.24. The zero-order valence-corrected chi connectivity index (χ0v) is 10.7. The third-order valence-corrected chi connectivity index (χ3v) is 2.73. The number of ether oxygens (including phenoxy) is 1. The number of nitrogens with one attached hydrogen (secondary N) is 2. The van der Waals surface area contributed by atoms with E-state index in [4.69, 9.17) is 4.74 Å². The van der Waals surface area contributed by atoms with Crippen LogP contribution in [-0.4, -0.2) is 26.2 Å². The van der Waals surface area contributed by atoms with E-state index in [0.717, 1.165) is 16.6 Å². The fourth-order valence-corrected chi connectivity index (χ4v) is 1.50. The molecule has 0 aliphatic rings. The molecule has 1 aromatic rings. The summed E-state index contributed by atoms with van der Waals surface area (Å²) in [5.41, 5.74) is 0.950. The molecule has 1 amide bonds. The molecular formula is C11H15BrN2O2. The van der Waals surface area contributed by atoms with E-state index in [-0.39, 0.29) is 6.61 Å². The monoisotopic (exact) mass is 286 g/mol. The van der Waals surface area contributed by atoms with Crippen LogP contribution in [-0.2, 0) is 11.3 Å². The Balaban J connectivity index is 2.29. The van der Waals surface area contributed by atoms with Crippen molar-refractivity contribution >= 4 is 22.0 Å². The number of alkyl carbamates (subject to hydrolysis) is 1. The molecule has 0 radical (unpaired) electrons. The van der Waals surface area contributed by atoms with Gasteiger partial charge < -0.3 is 15.4 Å². The smallest absolute Gasteiger partial charge is 0.407 e. The van der Waals surface area contributed by atoms with Crippen molar-refractivity contribution < 1.29 is 9.53 Å². The number of carbonyl (C=O) groups is 1. The number of likely N-dealkylation sites (N-methyl/N-ethyl adjacent to an activating group) is 1. The largest absolute Gasteiger partial charge is 0.445 e. The molecule has 4 nitrogen and oxygen atoms in total. The quantitative estimate of drug-likeness (QED) is 0.813. The average Bonchev–Trinajstić information content (AvgIpc) is 2.28. The minimum absolute atomic E-state index is 0.271. The zero-order valence-electron chi connectivity index (χ0n) is 9.13. The maximum Gasteiger partial charge on any atom is 0.407 e. The van der Waals surface area contributed by atoms with Gasteiger partial charge >= 0.3 is 6.09 Å². The minimum atomic E-state index is -0.397. The van der Waals surface area contributed by atoms with Crippen molar-refractivity contribution in [3.63, 3.8) is 0 Å². The van der Waals surface area contributed by atoms with Crippen LogP contribution in [0.5, 0.6) is 0 Å². The SMILES string of the molecule is CNCCNC(=O)OCc1ccccc1Br. The molecule has 2 N–H and O–H groups in total. The normalized spacial score (nSPS) is 9.88. The lowest BCUT2D eigenvalue weighted by atomic mass is 10.2. The van der Waals surface area contributed by atoms with Gasteiger partial charge in [-0.15, -0.1) is 0 Å². The van der Waals surface area contributed by atoms with Gasteiger partial charge in [0.1, 0.15) is 6.61 Å². The van der Waals surface area contributed by atoms with Crippen LogP contribution in [0.4, 0.5) is 4.79 Å². The Hall–Kier alpha value is -1.07. The topological polar surface area (TPSA) is 50.4 Å². The standard InChI is InChI=1S/C11H15BrN2O2/c1-13-6-7-14-11(15)16-8-9-4-2-3-5-10(9)12/h2-5,13H,6-8H2,1H3,(H,14,15). The van der Waals surface area contributed by atoms with Crippen molar-refractivity contribution in [2.75, 3.05) is 20.1 Å². The molecule has 0 saturated heterocycles. The lowest BCUT2D eigenvalue weighted by molar-refractivity contribution is 0.139. The van der Waals surface area contributed by atoms with Gasteiger partial charge in [-0.1, -0.05) is 34.1 Å². The van der Waals surface area contributed by atoms with E-state index in [9.17, 15) is 4.79 Å². The Kier molecular flexibility index (Phi) is 5.88. The predicted octanol–water partition coefficient (Wildman–Crippen LogP) is 1.89. The molecule has 0 spiro atoms. The summed E-state index contributed by atoms with van der Waals surface area (Å²) >= 11 is 3.39. The van der Waals surface area contributed by atoms with Gasteiger partial charge in [-0.2, -0.15) is 0 Å². The van der Waals surface area contributed by atoms with E-state index >= 15 is 0 Å². The lowest BCUT2D eigenvalue weighted by Gasteiger charge is -2.07. The van der Waals surface area contributed by atoms with E-state index in [0.29, 0.717) is 6.54 Å². The first-order valence-electron chi connectivity index (χ1n) is 5.02. The minimum Gasteiger partial charge on any atom is -0.445 e. The van der Waals surface area contributed by atoms with Crippen molar-refractivity contribution in [3.05, 3.63) is 34.3 Å². The fourth-order valence-electron chi connectivity index (χ4n) is 1.10. The number of hydrogen-bond acceptors (Lipinski definition) is 3. The van der Waals surface area contributed by atoms with Crippen LogP contribution in [0.1, 0.15) is 5.56 Å². The summed E-state index contributed by atoms with van der Waals surface area (Å²) in [6, 6.07) is 7.64. The molecule has 0 fully saturated rings. The van der Waals surface area contributed by atoms with Gasteiger partial charge in [-0.25, -0.2) is 4.79 Å². The molecule has 0 aromatic heterocycles. The van der Waals surface area contributed by atoms with Crippen LogP contribution in [0.15, 0.2) is 28.7 Å². The number of rotatable bonds is 5. The molecule has 0 aliphatic carbocycles. The molecule has 88 valence electrons. The van der Waals surface area contributed by atoms with Crippen LogP contribution in [0.25, 0.3) is 0 Å². The molecule has 0 aliphatic heterocycles. The number of benzene rings is 1. The number of halogens is 1. The molecule has 1 aromatic carbocycles. The van der Waals surface area contributed by atoms with Crippen LogP contribution in [0, 0.1) is 0 Å². The van der Waals surface area contributed by atoms with Gasteiger partial charge in [-0.3, -0.25) is 0 Å². The summed E-state index contributed by atoms with van der Waals surface area (Å²) in [6.45, 7) is 1.56. The highest BCUT2D eigenvalue weighted by Crippen LogP contribution is 2.16. The van der Waals surface area contributed by atoms with E-state index in [2.05, 4.69) is 26.6 Å². The molecular weight excluding hydrogens is 272 g/mol. The van der Waals surface area contributed by atoms with E-state index in [1.165, 1.54) is 0 Å². The van der Waals surface area contributed by atoms with Crippen molar-refractivity contribution in [1.82, 2.24) is 10.6 Å². The molecule has 16 heavy (non-hydrogen) atoms. The Morgan fingerprint density at radius 3 is 2.81 bits per heavy atom. The van der Waals surface area contributed by atoms with E-state index in [1.807, 2.05) is 31.3 Å². The first kappa shape index (κ1) is 13.0. The molecule has 0 unspecified atom stereocenters. The Labute approximate surface area is 103 Å². The highest BCUT2D eigenvalue weighted by atomic mass is 79.9. The Morgan fingerprint density at radius 2 is 2.12 bits per heavy atom. The highest BCUT2D eigenvalue weighted by Gasteiger charge is 2.03. The summed E-state index contributed by atoms with van der Waals surface area (Å²) < 4.78 is 5.99. The zero-order chi connectivity index (χ0) is 11.8. The first-order chi connectivity index (χ1) is 7.74. The van der Waals surface area contributed by atoms with Crippen molar-refractivity contribution in [3.8, 4) is 0 Å². The number of amides is 1. The third kappa shape index (κ3) is 4.63. The lowest BCUT2D eigenvalue weighted by Crippen LogP contribution is -2.30. The van der Waals surface area contributed by atoms with E-state index < -0.39 is 6.09 Å². The summed E-state index contributed by atoms with van der Waals surface area (Å²) in [6.07, 6.45) is -0.397. The summed E-state index contributed by atoms with van der Waals surface area (Å²) in [4.78, 5) is 11.2. The summed E-state index contributed by atoms with van der Waals surface area (Å²) in [7, 11) is 1.83. The average molecular weight is 287 g/mol. The highest BCUT2D eigenvalue weighted by molar-refractivity contribution is 9.10. The third-order valence-electron chi connectivity index (χ3n) is 1.96. The molecule has 5 heteroatoms. The fraction of sp³-hybridized carbons (Fsp3) is 0.364. The second-order valence-corrected chi connectivity index (χ2v) is 4.05. The van der Waals surface area contributed by atoms with Crippen LogP contribution < -0.4 is 10.6 Å². The van der Waals surface area contributed by atoms with Crippen LogP contribution in [0.2, 0.25) is 0 Å². The number of hydrogen-bond donors (Lipinski definition) is 2. The second-order valence-electron chi connectivity index (χ2n) is 3.20. The van der Waals surface area contributed by atoms with Gasteiger partial charge in [0.05, 0.1) is 0 Å². The maximum atomic E-state index is 11.2. The van der Waals surface area contributed by atoms with Gasteiger partial charge in [0, 0.05) is 23.1 Å². The maximum absolute atomic E-state index is 11.2. The molecule has 0 heterocycles. The number of carbonyl (C=O) groups excluding carboxylic acids is 1. The van der Waals surface area contributed by atoms with Gasteiger partial charge in [0.15, 0.2) is 0 Å². The predicted molar refractivity (Wildman–Crippen MR) is 66.3 cm³/mol. The van der Waals surface area contributed by atoms with Crippen LogP contribution >= 0.6 is 15.9 Å². The molecule has 0 atom stereocenters. The van der Waals surface area contributed by atoms with Crippen LogP contribution in [0.3, 0.4) is 0 Å². The Bertz CT molecular complexity index is 345. The van der Waals surface area contributed by atoms with Gasteiger partial charge in [-0.05, 0) is 13.1 Å². The Morgan fingerprint density at radius 1 is 1.38 bits per heavy atom. The van der Waals surface area contributed by atoms with Gasteiger partial charge in [0.25, 0.3) is 0 Å². The summed E-state index contributed by atoms with van der Waals surface area (Å²) in [5, 5.41) is 5.56. The van der Waals surface area contributed by atoms with Crippen molar-refractivity contribution in [1.29, 1.82) is 0 Å². The van der Waals surface area contributed by atoms with E-state index in [1.54, 1.807) is 0 Å². The molecule has 0 bridgehead atoms. The molecule has 1 rings (SSSR count). The first-order valence-corrected chi connectivity index (χ1v) is 5.82. The van der Waals surface area contributed by atoms with Crippen molar-refractivity contribution in [2.45, 2.75) is 6.61 Å². The van der Waals surface area contributed by atoms with Crippen molar-refractivity contribution in [2.24, 2.45) is 0 Å². The molecule has 0 saturated carbocycles. The summed E-state index contributed by atoms with van der Waals surface area (Å²) in [5.74, 6) is 0. The van der Waals surface area contributed by atoms with Gasteiger partial charge in [0.2, 0.25) is 0 Å².